The van der Waals surface area contributed by atoms with Gasteiger partial charge in [-0.25, -0.2) is 0 Å². The number of carbonyl (C=O) groups excluding carboxylic acids is 1. The van der Waals surface area contributed by atoms with E-state index in [2.05, 4.69) is 16.8 Å². The van der Waals surface area contributed by atoms with Crippen LogP contribution in [0, 0.1) is 0 Å². The first-order valence-electron chi connectivity index (χ1n) is 4.01. The van der Waals surface area contributed by atoms with Crippen molar-refractivity contribution in [2.75, 3.05) is 26.2 Å². The fourth-order valence-corrected chi connectivity index (χ4v) is 1.38. The van der Waals surface area contributed by atoms with Crippen LogP contribution >= 0.6 is 11.6 Å². The third-order valence-electron chi connectivity index (χ3n) is 1.80. The first-order chi connectivity index (χ1) is 5.68. The third-order valence-corrected chi connectivity index (χ3v) is 1.92. The highest BCUT2D eigenvalue weighted by molar-refractivity contribution is 6.29. The van der Waals surface area contributed by atoms with Gasteiger partial charge in [0, 0.05) is 37.6 Å². The topological polar surface area (TPSA) is 32.3 Å². The Morgan fingerprint density at radius 1 is 1.67 bits per heavy atom. The first-order valence-corrected chi connectivity index (χ1v) is 4.38. The van der Waals surface area contributed by atoms with Gasteiger partial charge in [-0.3, -0.25) is 9.69 Å². The summed E-state index contributed by atoms with van der Waals surface area (Å²) in [6.07, 6.45) is 0.560. The molecule has 1 aliphatic heterocycles. The lowest BCUT2D eigenvalue weighted by atomic mass is 10.4. The molecule has 1 N–H and O–H groups in total. The van der Waals surface area contributed by atoms with Gasteiger partial charge in [0.2, 0.25) is 5.91 Å². The predicted octanol–water partition coefficient (Wildman–Crippen LogP) is 0.561. The molecule has 1 saturated heterocycles. The van der Waals surface area contributed by atoms with E-state index in [1.807, 2.05) is 0 Å². The van der Waals surface area contributed by atoms with Crippen LogP contribution in [0.3, 0.4) is 0 Å². The minimum Gasteiger partial charge on any atom is -0.355 e. The molecule has 0 aromatic carbocycles. The van der Waals surface area contributed by atoms with Crippen LogP contribution in [0.1, 0.15) is 6.42 Å². The van der Waals surface area contributed by atoms with Gasteiger partial charge in [0.05, 0.1) is 0 Å². The molecular weight excluding hydrogens is 176 g/mol. The Morgan fingerprint density at radius 2 is 2.42 bits per heavy atom. The van der Waals surface area contributed by atoms with Crippen LogP contribution in [0.25, 0.3) is 0 Å². The molecule has 4 heteroatoms. The molecule has 0 aromatic rings. The van der Waals surface area contributed by atoms with E-state index in [1.165, 1.54) is 0 Å². The van der Waals surface area contributed by atoms with Gasteiger partial charge in [-0.05, 0) is 0 Å². The largest absolute Gasteiger partial charge is 0.355 e. The van der Waals surface area contributed by atoms with Crippen molar-refractivity contribution in [3.05, 3.63) is 11.6 Å². The molecule has 0 saturated carbocycles. The molecule has 0 atom stereocenters. The summed E-state index contributed by atoms with van der Waals surface area (Å²) in [7, 11) is 0. The molecular formula is C8H13ClN2O. The van der Waals surface area contributed by atoms with Crippen molar-refractivity contribution in [3.63, 3.8) is 0 Å². The SMILES string of the molecule is C=C(Cl)CN1CCNC(=O)CC1. The lowest BCUT2D eigenvalue weighted by Gasteiger charge is -2.17. The highest BCUT2D eigenvalue weighted by atomic mass is 35.5. The molecule has 0 aromatic heterocycles. The summed E-state index contributed by atoms with van der Waals surface area (Å²) in [5.74, 6) is 0.123. The van der Waals surface area contributed by atoms with Gasteiger partial charge in [0.25, 0.3) is 0 Å². The molecule has 1 fully saturated rings. The molecule has 3 nitrogen and oxygen atoms in total. The smallest absolute Gasteiger partial charge is 0.221 e. The van der Waals surface area contributed by atoms with Crippen molar-refractivity contribution in [1.29, 1.82) is 0 Å². The van der Waals surface area contributed by atoms with Gasteiger partial charge in [-0.1, -0.05) is 18.2 Å². The van der Waals surface area contributed by atoms with Crippen molar-refractivity contribution >= 4 is 17.5 Å². The average Bonchev–Trinajstić information content (AvgIpc) is 2.15. The lowest BCUT2D eigenvalue weighted by Crippen LogP contribution is -2.29. The van der Waals surface area contributed by atoms with E-state index in [0.717, 1.165) is 13.1 Å². The van der Waals surface area contributed by atoms with Gasteiger partial charge in [-0.2, -0.15) is 0 Å². The van der Waals surface area contributed by atoms with Gasteiger partial charge in [-0.15, -0.1) is 0 Å². The maximum absolute atomic E-state index is 10.9. The fourth-order valence-electron chi connectivity index (χ4n) is 1.21. The molecule has 1 aliphatic rings. The minimum atomic E-state index is 0.123. The van der Waals surface area contributed by atoms with E-state index >= 15 is 0 Å². The monoisotopic (exact) mass is 188 g/mol. The van der Waals surface area contributed by atoms with Gasteiger partial charge < -0.3 is 5.32 Å². The Labute approximate surface area is 77.4 Å². The molecule has 1 amide bonds. The summed E-state index contributed by atoms with van der Waals surface area (Å²) in [5.41, 5.74) is 0. The second-order valence-electron chi connectivity index (χ2n) is 2.89. The first kappa shape index (κ1) is 9.55. The zero-order valence-electron chi connectivity index (χ0n) is 6.98. The van der Waals surface area contributed by atoms with Gasteiger partial charge >= 0.3 is 0 Å². The maximum Gasteiger partial charge on any atom is 0.221 e. The van der Waals surface area contributed by atoms with Crippen LogP contribution in [0.15, 0.2) is 11.6 Å². The van der Waals surface area contributed by atoms with E-state index in [4.69, 9.17) is 11.6 Å². The molecule has 0 unspecified atom stereocenters. The number of rotatable bonds is 2. The predicted molar refractivity (Wildman–Crippen MR) is 49.1 cm³/mol. The van der Waals surface area contributed by atoms with E-state index in [0.29, 0.717) is 24.5 Å². The number of carbonyl (C=O) groups is 1. The Hall–Kier alpha value is -0.540. The van der Waals surface area contributed by atoms with Crippen LogP contribution in [-0.4, -0.2) is 37.0 Å². The summed E-state index contributed by atoms with van der Waals surface area (Å²) in [5, 5.41) is 3.42. The molecule has 0 bridgehead atoms. The average molecular weight is 189 g/mol. The maximum atomic E-state index is 10.9. The molecule has 68 valence electrons. The third kappa shape index (κ3) is 3.24. The van der Waals surface area contributed by atoms with E-state index in [-0.39, 0.29) is 5.91 Å². The van der Waals surface area contributed by atoms with Crippen molar-refractivity contribution in [2.45, 2.75) is 6.42 Å². The van der Waals surface area contributed by atoms with E-state index < -0.39 is 0 Å². The normalized spacial score (nSPS) is 19.9. The number of nitrogens with zero attached hydrogens (tertiary/aromatic N) is 1. The quantitative estimate of drug-likeness (QED) is 0.687. The highest BCUT2D eigenvalue weighted by Crippen LogP contribution is 2.03. The number of amides is 1. The fraction of sp³-hybridized carbons (Fsp3) is 0.625. The Morgan fingerprint density at radius 3 is 3.08 bits per heavy atom. The number of hydrogen-bond acceptors (Lipinski definition) is 2. The van der Waals surface area contributed by atoms with Crippen LogP contribution in [0.2, 0.25) is 0 Å². The van der Waals surface area contributed by atoms with Gasteiger partial charge in [0.1, 0.15) is 0 Å². The van der Waals surface area contributed by atoms with Crippen molar-refractivity contribution < 1.29 is 4.79 Å². The van der Waals surface area contributed by atoms with Crippen LogP contribution in [0.4, 0.5) is 0 Å². The zero-order valence-corrected chi connectivity index (χ0v) is 7.73. The molecule has 0 aliphatic carbocycles. The number of nitrogens with one attached hydrogen (secondary N) is 1. The molecule has 1 heterocycles. The summed E-state index contributed by atoms with van der Waals surface area (Å²) in [6, 6.07) is 0. The second-order valence-corrected chi connectivity index (χ2v) is 3.43. The molecule has 1 rings (SSSR count). The standard InChI is InChI=1S/C8H13ClN2O/c1-7(9)6-11-4-2-8(12)10-3-5-11/h1-6H2,(H,10,12). The summed E-state index contributed by atoms with van der Waals surface area (Å²) in [6.45, 7) is 6.64. The van der Waals surface area contributed by atoms with Crippen molar-refractivity contribution in [1.82, 2.24) is 10.2 Å². The molecule has 0 spiro atoms. The summed E-state index contributed by atoms with van der Waals surface area (Å²) < 4.78 is 0. The van der Waals surface area contributed by atoms with Crippen LogP contribution in [0.5, 0.6) is 0 Å². The van der Waals surface area contributed by atoms with Gasteiger partial charge in [0.15, 0.2) is 0 Å². The van der Waals surface area contributed by atoms with Crippen LogP contribution in [-0.2, 0) is 4.79 Å². The number of halogens is 1. The Balaban J connectivity index is 2.35. The zero-order chi connectivity index (χ0) is 8.97. The number of hydrogen-bond donors (Lipinski definition) is 1. The summed E-state index contributed by atoms with van der Waals surface area (Å²) >= 11 is 5.66. The lowest BCUT2D eigenvalue weighted by molar-refractivity contribution is -0.120. The summed E-state index contributed by atoms with van der Waals surface area (Å²) in [4.78, 5) is 13.0. The molecule has 0 radical (unpaired) electrons. The highest BCUT2D eigenvalue weighted by Gasteiger charge is 2.12. The Kier molecular flexibility index (Phi) is 3.56. The van der Waals surface area contributed by atoms with Crippen molar-refractivity contribution in [3.8, 4) is 0 Å². The van der Waals surface area contributed by atoms with Crippen LogP contribution < -0.4 is 5.32 Å². The second kappa shape index (κ2) is 4.48. The Bertz CT molecular complexity index is 193. The van der Waals surface area contributed by atoms with Crippen molar-refractivity contribution in [2.24, 2.45) is 0 Å². The molecule has 12 heavy (non-hydrogen) atoms. The van der Waals surface area contributed by atoms with E-state index in [1.54, 1.807) is 0 Å². The van der Waals surface area contributed by atoms with E-state index in [9.17, 15) is 4.79 Å². The minimum absolute atomic E-state index is 0.123.